The first-order valence-corrected chi connectivity index (χ1v) is 9.87. The highest BCUT2D eigenvalue weighted by atomic mass is 35.5. The van der Waals surface area contributed by atoms with Gasteiger partial charge in [-0.15, -0.1) is 11.3 Å². The van der Waals surface area contributed by atoms with Crippen LogP contribution in [0.4, 0.5) is 5.69 Å². The maximum Gasteiger partial charge on any atom is 0.173 e. The van der Waals surface area contributed by atoms with Gasteiger partial charge in [0.2, 0.25) is 0 Å². The quantitative estimate of drug-likeness (QED) is 0.443. The van der Waals surface area contributed by atoms with Gasteiger partial charge in [0.25, 0.3) is 0 Å². The number of piperazine rings is 1. The third-order valence-electron chi connectivity index (χ3n) is 4.33. The van der Waals surface area contributed by atoms with Crippen LogP contribution in [0.1, 0.15) is 25.8 Å². The van der Waals surface area contributed by atoms with Gasteiger partial charge in [-0.05, 0) is 24.4 Å². The number of anilines is 1. The summed E-state index contributed by atoms with van der Waals surface area (Å²) < 4.78 is 0.879. The molecule has 0 radical (unpaired) electrons. The number of halogens is 1. The second-order valence-corrected chi connectivity index (χ2v) is 9.55. The number of hydrogen-bond donors (Lipinski definition) is 1. The number of quaternary nitrogens is 1. The topological polar surface area (TPSA) is 51.2 Å². The van der Waals surface area contributed by atoms with Gasteiger partial charge in [-0.3, -0.25) is 0 Å². The molecule has 1 saturated heterocycles. The molecule has 2 heterocycles. The molecule has 0 spiro atoms. The van der Waals surface area contributed by atoms with E-state index in [1.807, 2.05) is 17.0 Å². The largest absolute Gasteiger partial charge is 0.633 e. The number of nitrogens with zero attached hydrogens (tertiary/aromatic N) is 3. The molecule has 1 aliphatic rings. The highest BCUT2D eigenvalue weighted by molar-refractivity contribution is 7.80. The van der Waals surface area contributed by atoms with E-state index in [9.17, 15) is 5.21 Å². The molecule has 0 atom stereocenters. The number of likely N-dealkylation sites (N-methyl/N-ethyl adjacent to an activating group) is 1. The summed E-state index contributed by atoms with van der Waals surface area (Å²) in [7, 11) is 1.70. The lowest BCUT2D eigenvalue weighted by atomic mass is 9.98. The minimum atomic E-state index is -0.206. The number of nitrogens with one attached hydrogen (secondary N) is 1. The van der Waals surface area contributed by atoms with Crippen LogP contribution in [0.3, 0.4) is 0 Å². The molecule has 8 heteroatoms. The van der Waals surface area contributed by atoms with E-state index >= 15 is 0 Å². The van der Waals surface area contributed by atoms with E-state index in [4.69, 9.17) is 28.8 Å². The van der Waals surface area contributed by atoms with Crippen molar-refractivity contribution in [2.24, 2.45) is 0 Å². The van der Waals surface area contributed by atoms with Crippen LogP contribution in [0.5, 0.6) is 0 Å². The minimum absolute atomic E-state index is 0.0100. The van der Waals surface area contributed by atoms with Crippen LogP contribution in [0.2, 0.25) is 5.02 Å². The van der Waals surface area contributed by atoms with E-state index in [1.54, 1.807) is 18.4 Å². The van der Waals surface area contributed by atoms with Gasteiger partial charge in [-0.2, -0.15) is 0 Å². The van der Waals surface area contributed by atoms with E-state index in [2.05, 4.69) is 26.1 Å². The first-order valence-electron chi connectivity index (χ1n) is 8.27. The summed E-state index contributed by atoms with van der Waals surface area (Å²) in [6.45, 7) is 8.84. The second kappa shape index (κ2) is 6.63. The number of thiocarbonyl (C=S) groups is 1. The Bertz CT molecular complexity index is 803. The molecule has 1 aromatic carbocycles. The molecule has 0 saturated carbocycles. The third kappa shape index (κ3) is 4.23. The molecule has 0 aliphatic carbocycles. The van der Waals surface area contributed by atoms with Crippen molar-refractivity contribution in [1.82, 2.24) is 9.88 Å². The molecule has 3 rings (SSSR count). The molecule has 2 aromatic rings. The van der Waals surface area contributed by atoms with Crippen LogP contribution >= 0.6 is 35.2 Å². The Morgan fingerprint density at radius 1 is 1.36 bits per heavy atom. The van der Waals surface area contributed by atoms with Crippen molar-refractivity contribution in [1.29, 1.82) is 0 Å². The van der Waals surface area contributed by atoms with Crippen LogP contribution in [0.25, 0.3) is 10.2 Å². The molecular formula is C17H23ClN4OS2. The summed E-state index contributed by atoms with van der Waals surface area (Å²) in [6, 6.07) is 3.89. The monoisotopic (exact) mass is 398 g/mol. The Labute approximate surface area is 162 Å². The molecule has 1 N–H and O–H groups in total. The lowest BCUT2D eigenvalue weighted by Crippen LogP contribution is -2.55. The van der Waals surface area contributed by atoms with Gasteiger partial charge in [0.15, 0.2) is 5.11 Å². The molecule has 0 amide bonds. The fraction of sp³-hybridized carbons (Fsp3) is 0.529. The summed E-state index contributed by atoms with van der Waals surface area (Å²) in [5.41, 5.74) is 1.71. The predicted octanol–water partition coefficient (Wildman–Crippen LogP) is 4.20. The fourth-order valence-corrected chi connectivity index (χ4v) is 4.19. The molecule has 25 heavy (non-hydrogen) atoms. The van der Waals surface area contributed by atoms with Crippen molar-refractivity contribution in [3.8, 4) is 0 Å². The van der Waals surface area contributed by atoms with Crippen molar-refractivity contribution in [3.63, 3.8) is 0 Å². The highest BCUT2D eigenvalue weighted by Gasteiger charge is 2.24. The molecule has 1 aliphatic heterocycles. The summed E-state index contributed by atoms with van der Waals surface area (Å²) in [5, 5.41) is 17.5. The van der Waals surface area contributed by atoms with E-state index < -0.39 is 0 Å². The van der Waals surface area contributed by atoms with E-state index in [-0.39, 0.29) is 10.1 Å². The van der Waals surface area contributed by atoms with Gasteiger partial charge in [0.05, 0.1) is 59.2 Å². The number of benzene rings is 1. The number of thiazole rings is 1. The first kappa shape index (κ1) is 18.8. The summed E-state index contributed by atoms with van der Waals surface area (Å²) in [6.07, 6.45) is 0. The summed E-state index contributed by atoms with van der Waals surface area (Å²) in [4.78, 5) is 6.73. The first-order chi connectivity index (χ1) is 11.5. The van der Waals surface area contributed by atoms with Crippen molar-refractivity contribution in [2.75, 3.05) is 38.5 Å². The molecule has 1 aromatic heterocycles. The zero-order valence-corrected chi connectivity index (χ0v) is 17.3. The summed E-state index contributed by atoms with van der Waals surface area (Å²) >= 11 is 13.6. The zero-order valence-electron chi connectivity index (χ0n) is 14.9. The third-order valence-corrected chi connectivity index (χ3v) is 6.45. The maximum atomic E-state index is 12.0. The van der Waals surface area contributed by atoms with Gasteiger partial charge < -0.3 is 20.1 Å². The van der Waals surface area contributed by atoms with Crippen molar-refractivity contribution < 1.29 is 4.65 Å². The van der Waals surface area contributed by atoms with Gasteiger partial charge in [-0.25, -0.2) is 4.98 Å². The average Bonchev–Trinajstić information content (AvgIpc) is 2.90. The number of rotatable bonds is 1. The predicted molar refractivity (Wildman–Crippen MR) is 110 cm³/mol. The van der Waals surface area contributed by atoms with Gasteiger partial charge in [-0.1, -0.05) is 32.4 Å². The lowest BCUT2D eigenvalue weighted by Gasteiger charge is -2.45. The number of aromatic nitrogens is 1. The van der Waals surface area contributed by atoms with Crippen LogP contribution in [0, 0.1) is 5.21 Å². The lowest BCUT2D eigenvalue weighted by molar-refractivity contribution is -0.864. The Morgan fingerprint density at radius 3 is 2.60 bits per heavy atom. The number of hydrogen-bond acceptors (Lipinski definition) is 4. The Kier molecular flexibility index (Phi) is 4.98. The number of hydroxylamine groups is 3. The van der Waals surface area contributed by atoms with Crippen LogP contribution < -0.4 is 5.32 Å². The fourth-order valence-electron chi connectivity index (χ4n) is 2.65. The molecule has 1 fully saturated rings. The van der Waals surface area contributed by atoms with E-state index in [0.717, 1.165) is 20.9 Å². The molecule has 136 valence electrons. The van der Waals surface area contributed by atoms with Crippen molar-refractivity contribution >= 4 is 56.2 Å². The average molecular weight is 399 g/mol. The van der Waals surface area contributed by atoms with Crippen LogP contribution in [0.15, 0.2) is 12.1 Å². The second-order valence-electron chi connectivity index (χ2n) is 7.73. The Balaban J connectivity index is 1.79. The Hall–Kier alpha value is -0.990. The zero-order chi connectivity index (χ0) is 18.4. The molecule has 5 nitrogen and oxygen atoms in total. The minimum Gasteiger partial charge on any atom is -0.633 e. The maximum absolute atomic E-state index is 12.0. The van der Waals surface area contributed by atoms with Gasteiger partial charge in [0, 0.05) is 5.41 Å². The molecule has 0 unspecified atom stereocenters. The van der Waals surface area contributed by atoms with Crippen molar-refractivity contribution in [3.05, 3.63) is 27.4 Å². The van der Waals surface area contributed by atoms with Gasteiger partial charge >= 0.3 is 0 Å². The smallest absolute Gasteiger partial charge is 0.173 e. The van der Waals surface area contributed by atoms with Crippen LogP contribution in [-0.2, 0) is 5.41 Å². The highest BCUT2D eigenvalue weighted by Crippen LogP contribution is 2.35. The van der Waals surface area contributed by atoms with Gasteiger partial charge in [0.1, 0.15) is 0 Å². The summed E-state index contributed by atoms with van der Waals surface area (Å²) in [5.74, 6) is 0. The standard InChI is InChI=1S/C17H23ClN4OS2/c1-17(2,3)15-19-13-9-11(18)12(10-14(13)25-15)20-16(24)21-5-7-22(4,23)8-6-21/h9-10H,5-8H2,1-4H3,(H,20,24). The number of fused-ring (bicyclic) bond motifs is 1. The molecular weight excluding hydrogens is 376 g/mol. The van der Waals surface area contributed by atoms with E-state index in [0.29, 0.717) is 36.3 Å². The van der Waals surface area contributed by atoms with Crippen LogP contribution in [-0.4, -0.2) is 52.9 Å². The molecule has 0 bridgehead atoms. The Morgan fingerprint density at radius 2 is 2.00 bits per heavy atom. The normalized spacial score (nSPS) is 17.8. The van der Waals surface area contributed by atoms with Crippen molar-refractivity contribution in [2.45, 2.75) is 26.2 Å². The van der Waals surface area contributed by atoms with E-state index in [1.165, 1.54) is 0 Å². The SMILES string of the molecule is CC(C)(C)c1nc2cc(Cl)c(NC(=S)N3CC[N+](C)([O-])CC3)cc2s1.